The molecule has 0 aromatic rings. The maximum atomic E-state index is 11.6. The predicted octanol–water partition coefficient (Wildman–Crippen LogP) is 5.60. The lowest BCUT2D eigenvalue weighted by Crippen LogP contribution is -1.99. The van der Waals surface area contributed by atoms with Gasteiger partial charge in [-0.1, -0.05) is 70.6 Å². The SMILES string of the molecule is CN(C)C.O=C1CCCCCCCCCCCCCCC1. The van der Waals surface area contributed by atoms with Crippen LogP contribution in [0.15, 0.2) is 0 Å². The van der Waals surface area contributed by atoms with Gasteiger partial charge < -0.3 is 4.90 Å². The van der Waals surface area contributed by atoms with Gasteiger partial charge in [-0.05, 0) is 34.0 Å². The minimum atomic E-state index is 0.511. The van der Waals surface area contributed by atoms with Crippen LogP contribution in [-0.4, -0.2) is 31.8 Å². The topological polar surface area (TPSA) is 20.3 Å². The summed E-state index contributed by atoms with van der Waals surface area (Å²) < 4.78 is 0. The molecule has 2 heteroatoms. The van der Waals surface area contributed by atoms with Crippen molar-refractivity contribution in [3.63, 3.8) is 0 Å². The molecule has 126 valence electrons. The van der Waals surface area contributed by atoms with Crippen molar-refractivity contribution in [2.75, 3.05) is 21.1 Å². The van der Waals surface area contributed by atoms with Gasteiger partial charge in [-0.25, -0.2) is 0 Å². The number of carbonyl (C=O) groups is 1. The number of hydrogen-bond acceptors (Lipinski definition) is 2. The maximum Gasteiger partial charge on any atom is 0.132 e. The van der Waals surface area contributed by atoms with Gasteiger partial charge in [0.25, 0.3) is 0 Å². The fraction of sp³-hybridized carbons (Fsp3) is 0.947. The van der Waals surface area contributed by atoms with E-state index in [-0.39, 0.29) is 0 Å². The Morgan fingerprint density at radius 1 is 0.524 bits per heavy atom. The molecule has 0 aromatic carbocycles. The highest BCUT2D eigenvalue weighted by atomic mass is 16.1. The lowest BCUT2D eigenvalue weighted by molar-refractivity contribution is -0.119. The summed E-state index contributed by atoms with van der Waals surface area (Å²) in [5, 5.41) is 0. The molecule has 0 heterocycles. The van der Waals surface area contributed by atoms with Gasteiger partial charge in [0.05, 0.1) is 0 Å². The largest absolute Gasteiger partial charge is 0.312 e. The summed E-state index contributed by atoms with van der Waals surface area (Å²) >= 11 is 0. The van der Waals surface area contributed by atoms with Gasteiger partial charge >= 0.3 is 0 Å². The highest BCUT2D eigenvalue weighted by Gasteiger charge is 2.02. The lowest BCUT2D eigenvalue weighted by Gasteiger charge is -2.05. The molecule has 2 nitrogen and oxygen atoms in total. The Labute approximate surface area is 133 Å². The van der Waals surface area contributed by atoms with Crippen molar-refractivity contribution in [2.24, 2.45) is 0 Å². The Bertz CT molecular complexity index is 205. The van der Waals surface area contributed by atoms with E-state index in [0.717, 1.165) is 25.7 Å². The van der Waals surface area contributed by atoms with Crippen LogP contribution in [0.3, 0.4) is 0 Å². The lowest BCUT2D eigenvalue weighted by atomic mass is 10.0. The minimum absolute atomic E-state index is 0.511. The van der Waals surface area contributed by atoms with Crippen molar-refractivity contribution in [2.45, 2.75) is 96.3 Å². The van der Waals surface area contributed by atoms with Crippen molar-refractivity contribution >= 4 is 5.78 Å². The van der Waals surface area contributed by atoms with E-state index < -0.39 is 0 Å². The summed E-state index contributed by atoms with van der Waals surface area (Å²) in [4.78, 5) is 13.6. The second kappa shape index (κ2) is 16.0. The molecule has 0 unspecified atom stereocenters. The Morgan fingerprint density at radius 2 is 0.714 bits per heavy atom. The monoisotopic (exact) mass is 297 g/mol. The molecule has 0 spiro atoms. The van der Waals surface area contributed by atoms with Crippen LogP contribution in [0.1, 0.15) is 96.3 Å². The van der Waals surface area contributed by atoms with E-state index >= 15 is 0 Å². The first kappa shape index (κ1) is 20.6. The fourth-order valence-corrected chi connectivity index (χ4v) is 2.71. The molecule has 0 bridgehead atoms. The van der Waals surface area contributed by atoms with Crippen LogP contribution >= 0.6 is 0 Å². The van der Waals surface area contributed by atoms with Crippen LogP contribution in [0.4, 0.5) is 0 Å². The standard InChI is InChI=1S/C16H30O.C3H9N/c17-16-14-12-10-8-6-4-2-1-3-5-7-9-11-13-15-16;1-4(2)3/h1-15H2;1-3H3. The molecule has 0 atom stereocenters. The van der Waals surface area contributed by atoms with E-state index in [0.29, 0.717) is 5.78 Å². The van der Waals surface area contributed by atoms with Crippen molar-refractivity contribution in [3.8, 4) is 0 Å². The number of nitrogens with zero attached hydrogens (tertiary/aromatic N) is 1. The zero-order valence-corrected chi connectivity index (χ0v) is 15.0. The van der Waals surface area contributed by atoms with Gasteiger partial charge in [-0.2, -0.15) is 0 Å². The van der Waals surface area contributed by atoms with Crippen LogP contribution in [0.2, 0.25) is 0 Å². The quantitative estimate of drug-likeness (QED) is 0.580. The van der Waals surface area contributed by atoms with E-state index in [4.69, 9.17) is 0 Å². The summed E-state index contributed by atoms with van der Waals surface area (Å²) in [5.41, 5.74) is 0. The van der Waals surface area contributed by atoms with Gasteiger partial charge in [0, 0.05) is 12.8 Å². The van der Waals surface area contributed by atoms with Gasteiger partial charge in [0.2, 0.25) is 0 Å². The zero-order valence-electron chi connectivity index (χ0n) is 15.0. The number of hydrogen-bond donors (Lipinski definition) is 0. The maximum absolute atomic E-state index is 11.6. The Kier molecular flexibility index (Phi) is 15.7. The first-order chi connectivity index (χ1) is 10.1. The van der Waals surface area contributed by atoms with Crippen molar-refractivity contribution in [1.82, 2.24) is 4.90 Å². The molecule has 21 heavy (non-hydrogen) atoms. The van der Waals surface area contributed by atoms with Crippen LogP contribution in [-0.2, 0) is 4.79 Å². The van der Waals surface area contributed by atoms with Gasteiger partial charge in [-0.3, -0.25) is 4.79 Å². The van der Waals surface area contributed by atoms with Crippen molar-refractivity contribution < 1.29 is 4.79 Å². The molecule has 1 saturated carbocycles. The zero-order chi connectivity index (χ0) is 15.8. The Hall–Kier alpha value is -0.370. The summed E-state index contributed by atoms with van der Waals surface area (Å²) in [6.45, 7) is 0. The predicted molar refractivity (Wildman–Crippen MR) is 93.9 cm³/mol. The molecule has 1 rings (SSSR count). The third-order valence-electron chi connectivity index (χ3n) is 3.91. The van der Waals surface area contributed by atoms with Crippen LogP contribution in [0.25, 0.3) is 0 Å². The molecule has 0 aromatic heterocycles. The van der Waals surface area contributed by atoms with E-state index in [9.17, 15) is 4.79 Å². The molecule has 0 radical (unpaired) electrons. The number of ketones is 1. The number of Topliss-reactive ketones (excluding diaryl/α,β-unsaturated/α-hetero) is 1. The summed E-state index contributed by atoms with van der Waals surface area (Å²) in [7, 11) is 6.00. The minimum Gasteiger partial charge on any atom is -0.312 e. The van der Waals surface area contributed by atoms with Crippen LogP contribution in [0, 0.1) is 0 Å². The highest BCUT2D eigenvalue weighted by Crippen LogP contribution is 2.15. The van der Waals surface area contributed by atoms with Gasteiger partial charge in [0.15, 0.2) is 0 Å². The molecule has 0 amide bonds. The molecule has 1 aliphatic carbocycles. The van der Waals surface area contributed by atoms with Gasteiger partial charge in [-0.15, -0.1) is 0 Å². The third-order valence-corrected chi connectivity index (χ3v) is 3.91. The first-order valence-corrected chi connectivity index (χ1v) is 9.25. The average Bonchev–Trinajstić information content (AvgIpc) is 2.41. The smallest absolute Gasteiger partial charge is 0.132 e. The molecule has 1 aliphatic rings. The van der Waals surface area contributed by atoms with E-state index in [2.05, 4.69) is 0 Å². The Morgan fingerprint density at radius 3 is 0.952 bits per heavy atom. The summed E-state index contributed by atoms with van der Waals surface area (Å²) in [5.74, 6) is 0.511. The van der Waals surface area contributed by atoms with E-state index in [1.54, 1.807) is 0 Å². The molecule has 1 fully saturated rings. The number of rotatable bonds is 0. The fourth-order valence-electron chi connectivity index (χ4n) is 2.71. The van der Waals surface area contributed by atoms with Crippen molar-refractivity contribution in [1.29, 1.82) is 0 Å². The van der Waals surface area contributed by atoms with E-state index in [1.807, 2.05) is 26.0 Å². The average molecular weight is 298 g/mol. The third kappa shape index (κ3) is 19.6. The number of carbonyl (C=O) groups excluding carboxylic acids is 1. The molecular formula is C19H39NO. The normalized spacial score (nSPS) is 20.7. The van der Waals surface area contributed by atoms with Crippen LogP contribution < -0.4 is 0 Å². The Balaban J connectivity index is 0.000000885. The second-order valence-electron chi connectivity index (χ2n) is 6.98. The van der Waals surface area contributed by atoms with Crippen LogP contribution in [0.5, 0.6) is 0 Å². The molecule has 0 aliphatic heterocycles. The molecular weight excluding hydrogens is 258 g/mol. The molecule has 0 saturated heterocycles. The van der Waals surface area contributed by atoms with E-state index in [1.165, 1.54) is 70.6 Å². The summed E-state index contributed by atoms with van der Waals surface area (Å²) in [6.07, 6.45) is 19.1. The van der Waals surface area contributed by atoms with Gasteiger partial charge in [0.1, 0.15) is 5.78 Å². The second-order valence-corrected chi connectivity index (χ2v) is 6.98. The molecule has 0 N–H and O–H groups in total. The highest BCUT2D eigenvalue weighted by molar-refractivity contribution is 5.78. The summed E-state index contributed by atoms with van der Waals surface area (Å²) in [6, 6.07) is 0. The van der Waals surface area contributed by atoms with Crippen molar-refractivity contribution in [3.05, 3.63) is 0 Å². The first-order valence-electron chi connectivity index (χ1n) is 9.25.